The molecule has 2 aliphatic carbocycles. The van der Waals surface area contributed by atoms with Crippen LogP contribution in [0.5, 0.6) is 0 Å². The van der Waals surface area contributed by atoms with E-state index in [9.17, 15) is 22.8 Å². The molecule has 2 N–H and O–H groups in total. The van der Waals surface area contributed by atoms with Crippen molar-refractivity contribution in [1.29, 1.82) is 0 Å². The smallest absolute Gasteiger partial charge is 0.327 e. The van der Waals surface area contributed by atoms with Crippen LogP contribution in [0.3, 0.4) is 0 Å². The second kappa shape index (κ2) is 7.56. The van der Waals surface area contributed by atoms with Crippen LogP contribution in [-0.2, 0) is 23.1 Å². The Kier molecular flexibility index (Phi) is 4.81. The molecule has 3 heterocycles. The summed E-state index contributed by atoms with van der Waals surface area (Å²) in [7, 11) is 0. The highest BCUT2D eigenvalue weighted by atomic mass is 19.4. The van der Waals surface area contributed by atoms with Gasteiger partial charge in [0.05, 0.1) is 23.3 Å². The predicted molar refractivity (Wildman–Crippen MR) is 117 cm³/mol. The van der Waals surface area contributed by atoms with Gasteiger partial charge < -0.3 is 15.1 Å². The molecule has 1 saturated heterocycles. The molecule has 10 heteroatoms. The Morgan fingerprint density at radius 1 is 1.06 bits per heavy atom. The number of carbonyl (C=O) groups excluding carboxylic acids is 2. The van der Waals surface area contributed by atoms with Gasteiger partial charge in [0.25, 0.3) is 5.91 Å². The van der Waals surface area contributed by atoms with E-state index in [1.54, 1.807) is 0 Å². The summed E-state index contributed by atoms with van der Waals surface area (Å²) in [6.07, 6.45) is 1.58. The first-order chi connectivity index (χ1) is 16.3. The van der Waals surface area contributed by atoms with E-state index >= 15 is 0 Å². The zero-order chi connectivity index (χ0) is 23.7. The van der Waals surface area contributed by atoms with Crippen molar-refractivity contribution in [2.24, 2.45) is 5.92 Å². The summed E-state index contributed by atoms with van der Waals surface area (Å²) in [5.41, 5.74) is 0.613. The van der Waals surface area contributed by atoms with E-state index in [2.05, 4.69) is 20.4 Å². The maximum Gasteiger partial charge on any atom is 0.416 e. The normalized spacial score (nSPS) is 22.1. The maximum atomic E-state index is 13.5. The second-order valence-electron chi connectivity index (χ2n) is 9.95. The highest BCUT2D eigenvalue weighted by Crippen LogP contribution is 2.57. The average Bonchev–Trinajstić information content (AvgIpc) is 3.74. The van der Waals surface area contributed by atoms with Gasteiger partial charge in [-0.25, -0.2) is 0 Å². The van der Waals surface area contributed by atoms with Gasteiger partial charge in [0.1, 0.15) is 0 Å². The van der Waals surface area contributed by atoms with Crippen LogP contribution >= 0.6 is 0 Å². The van der Waals surface area contributed by atoms with Gasteiger partial charge in [-0.15, -0.1) is 0 Å². The van der Waals surface area contributed by atoms with E-state index < -0.39 is 17.6 Å². The number of halogens is 3. The summed E-state index contributed by atoms with van der Waals surface area (Å²) in [4.78, 5) is 30.6. The fraction of sp³-hybridized carbons (Fsp3) is 0.542. The second-order valence-corrected chi connectivity index (χ2v) is 9.95. The zero-order valence-electron chi connectivity index (χ0n) is 18.6. The Bertz CT molecular complexity index is 1130. The lowest BCUT2D eigenvalue weighted by Gasteiger charge is -2.35. The molecule has 0 unspecified atom stereocenters. The molecule has 1 aromatic heterocycles. The number of alkyl halides is 3. The minimum atomic E-state index is -4.46. The molecule has 2 aromatic rings. The van der Waals surface area contributed by atoms with Crippen LogP contribution < -0.4 is 5.32 Å². The number of aromatic nitrogens is 2. The Morgan fingerprint density at radius 3 is 2.32 bits per heavy atom. The van der Waals surface area contributed by atoms with E-state index in [0.29, 0.717) is 12.4 Å². The van der Waals surface area contributed by atoms with Gasteiger partial charge in [0.2, 0.25) is 5.91 Å². The van der Waals surface area contributed by atoms with Crippen molar-refractivity contribution in [1.82, 2.24) is 20.0 Å². The number of hydrogen-bond donors (Lipinski definition) is 2. The van der Waals surface area contributed by atoms with Crippen LogP contribution in [0.1, 0.15) is 65.7 Å². The first kappa shape index (κ1) is 21.6. The van der Waals surface area contributed by atoms with Crippen LogP contribution in [0, 0.1) is 5.92 Å². The standard InChI is InChI=1S/C24H26F3N5O2/c25-24(26,27)16-3-1-14(2-4-16)21(33)28-20-18-13-32(23(9-10-23)19(18)29-30-20)22(34)15-7-11-31(12-8-15)17-5-6-17/h1-4,15,17H,5-13H2,(H2,28,29,30,33). The number of aromatic amines is 1. The summed E-state index contributed by atoms with van der Waals surface area (Å²) in [6, 6.07) is 4.80. The molecule has 0 radical (unpaired) electrons. The fourth-order valence-corrected chi connectivity index (χ4v) is 5.54. The Hall–Kier alpha value is -2.88. The number of benzene rings is 1. The van der Waals surface area contributed by atoms with Crippen LogP contribution in [0.4, 0.5) is 19.0 Å². The largest absolute Gasteiger partial charge is 0.416 e. The molecule has 1 spiro atoms. The number of amides is 2. The quantitative estimate of drug-likeness (QED) is 0.706. The number of nitrogens with one attached hydrogen (secondary N) is 2. The predicted octanol–water partition coefficient (Wildman–Crippen LogP) is 3.89. The molecular formula is C24H26F3N5O2. The SMILES string of the molecule is O=C(Nc1n[nH]c2c1CN(C(=O)C1CCN(C3CC3)CC1)C21CC1)c1ccc(C(F)(F)F)cc1. The van der Waals surface area contributed by atoms with Crippen LogP contribution in [0.15, 0.2) is 24.3 Å². The van der Waals surface area contributed by atoms with Crippen molar-refractivity contribution in [3.05, 3.63) is 46.6 Å². The first-order valence-corrected chi connectivity index (χ1v) is 11.9. The van der Waals surface area contributed by atoms with Crippen molar-refractivity contribution in [3.8, 4) is 0 Å². The number of H-pyrrole nitrogens is 1. The van der Waals surface area contributed by atoms with Gasteiger partial charge in [-0.3, -0.25) is 14.7 Å². The molecular weight excluding hydrogens is 447 g/mol. The van der Waals surface area contributed by atoms with Gasteiger partial charge >= 0.3 is 6.18 Å². The third kappa shape index (κ3) is 3.59. The highest BCUT2D eigenvalue weighted by Gasteiger charge is 2.59. The lowest BCUT2D eigenvalue weighted by atomic mass is 9.94. The van der Waals surface area contributed by atoms with E-state index in [1.807, 2.05) is 4.90 Å². The third-order valence-electron chi connectivity index (χ3n) is 7.80. The minimum Gasteiger partial charge on any atom is -0.327 e. The molecule has 34 heavy (non-hydrogen) atoms. The molecule has 0 bridgehead atoms. The van der Waals surface area contributed by atoms with E-state index in [1.165, 1.54) is 12.8 Å². The molecule has 2 saturated carbocycles. The molecule has 2 amide bonds. The number of piperidine rings is 1. The van der Waals surface area contributed by atoms with Gasteiger partial charge in [-0.05, 0) is 75.9 Å². The first-order valence-electron chi connectivity index (χ1n) is 11.9. The molecule has 2 aliphatic heterocycles. The number of rotatable bonds is 4. The number of hydrogen-bond acceptors (Lipinski definition) is 4. The minimum absolute atomic E-state index is 0.0228. The van der Waals surface area contributed by atoms with Crippen LogP contribution in [0.2, 0.25) is 0 Å². The van der Waals surface area contributed by atoms with E-state index in [-0.39, 0.29) is 22.9 Å². The van der Waals surface area contributed by atoms with Gasteiger partial charge in [0, 0.05) is 23.1 Å². The topological polar surface area (TPSA) is 81.3 Å². The van der Waals surface area contributed by atoms with E-state index in [4.69, 9.17) is 0 Å². The van der Waals surface area contributed by atoms with Crippen molar-refractivity contribution >= 4 is 17.6 Å². The Balaban J connectivity index is 1.15. The van der Waals surface area contributed by atoms with Gasteiger partial charge in [-0.2, -0.15) is 18.3 Å². The number of fused-ring (bicyclic) bond motifs is 2. The molecule has 6 rings (SSSR count). The summed E-state index contributed by atoms with van der Waals surface area (Å²) in [5, 5.41) is 10.0. The van der Waals surface area contributed by atoms with Crippen LogP contribution in [0.25, 0.3) is 0 Å². The molecule has 4 aliphatic rings. The number of nitrogens with zero attached hydrogens (tertiary/aromatic N) is 3. The van der Waals surface area contributed by atoms with Gasteiger partial charge in [0.15, 0.2) is 5.82 Å². The average molecular weight is 473 g/mol. The van der Waals surface area contributed by atoms with Crippen molar-refractivity contribution in [3.63, 3.8) is 0 Å². The molecule has 1 aromatic carbocycles. The number of likely N-dealkylation sites (tertiary alicyclic amines) is 1. The lowest BCUT2D eigenvalue weighted by molar-refractivity contribution is -0.140. The number of anilines is 1. The van der Waals surface area contributed by atoms with Crippen molar-refractivity contribution < 1.29 is 22.8 Å². The van der Waals surface area contributed by atoms with Gasteiger partial charge in [-0.1, -0.05) is 0 Å². The monoisotopic (exact) mass is 473 g/mol. The zero-order valence-corrected chi connectivity index (χ0v) is 18.6. The molecule has 180 valence electrons. The van der Waals surface area contributed by atoms with Crippen LogP contribution in [-0.4, -0.2) is 50.9 Å². The lowest BCUT2D eigenvalue weighted by Crippen LogP contribution is -2.44. The maximum absolute atomic E-state index is 13.5. The highest BCUT2D eigenvalue weighted by molar-refractivity contribution is 6.04. The Morgan fingerprint density at radius 2 is 1.74 bits per heavy atom. The molecule has 0 atom stereocenters. The van der Waals surface area contributed by atoms with E-state index in [0.717, 1.165) is 80.3 Å². The Labute approximate surface area is 194 Å². The molecule has 7 nitrogen and oxygen atoms in total. The van der Waals surface area contributed by atoms with Crippen molar-refractivity contribution in [2.45, 2.75) is 62.8 Å². The molecule has 3 fully saturated rings. The fourth-order valence-electron chi connectivity index (χ4n) is 5.54. The number of carbonyl (C=O) groups is 2. The third-order valence-corrected chi connectivity index (χ3v) is 7.80. The van der Waals surface area contributed by atoms with Crippen molar-refractivity contribution in [2.75, 3.05) is 18.4 Å². The summed E-state index contributed by atoms with van der Waals surface area (Å²) in [6.45, 7) is 2.34. The summed E-state index contributed by atoms with van der Waals surface area (Å²) >= 11 is 0. The summed E-state index contributed by atoms with van der Waals surface area (Å²) in [5.74, 6) is 0.00214. The summed E-state index contributed by atoms with van der Waals surface area (Å²) < 4.78 is 38.4.